The quantitative estimate of drug-likeness (QED) is 0.387. The molecule has 0 spiro atoms. The first-order valence-corrected chi connectivity index (χ1v) is 9.27. The molecule has 0 bridgehead atoms. The summed E-state index contributed by atoms with van der Waals surface area (Å²) in [5.74, 6) is 0.128. The van der Waals surface area contributed by atoms with Gasteiger partial charge in [-0.25, -0.2) is 0 Å². The summed E-state index contributed by atoms with van der Waals surface area (Å²) in [7, 11) is 0. The maximum absolute atomic E-state index is 10.7. The lowest BCUT2D eigenvalue weighted by Crippen LogP contribution is -2.12. The molecule has 1 unspecified atom stereocenters. The summed E-state index contributed by atoms with van der Waals surface area (Å²) >= 11 is 4.04. The topological polar surface area (TPSA) is 46.5 Å². The van der Waals surface area contributed by atoms with E-state index in [1.807, 2.05) is 12.1 Å². The van der Waals surface area contributed by atoms with Crippen LogP contribution in [0.4, 0.5) is 0 Å². The van der Waals surface area contributed by atoms with Gasteiger partial charge in [0.15, 0.2) is 0 Å². The number of carboxylic acid groups (broad SMARTS) is 1. The Bertz CT molecular complexity index is 431. The SMILES string of the molecule is CCCCCCOc1ccc(CCCCCC(S)C(=O)O)cc1. The van der Waals surface area contributed by atoms with Crippen molar-refractivity contribution >= 4 is 18.6 Å². The number of aliphatic carboxylic acids is 1. The largest absolute Gasteiger partial charge is 0.494 e. The van der Waals surface area contributed by atoms with Crippen LogP contribution in [0.25, 0.3) is 0 Å². The van der Waals surface area contributed by atoms with Crippen molar-refractivity contribution < 1.29 is 14.6 Å². The van der Waals surface area contributed by atoms with E-state index in [2.05, 4.69) is 31.7 Å². The molecule has 3 nitrogen and oxygen atoms in total. The Labute approximate surface area is 145 Å². The molecular formula is C19H30O3S. The minimum absolute atomic E-state index is 0.524. The van der Waals surface area contributed by atoms with E-state index in [0.29, 0.717) is 6.42 Å². The molecule has 1 N–H and O–H groups in total. The Morgan fingerprint density at radius 1 is 1.09 bits per heavy atom. The molecule has 0 heterocycles. The fourth-order valence-corrected chi connectivity index (χ4v) is 2.62. The van der Waals surface area contributed by atoms with Crippen LogP contribution in [0.2, 0.25) is 0 Å². The lowest BCUT2D eigenvalue weighted by atomic mass is 10.1. The molecule has 1 rings (SSSR count). The van der Waals surface area contributed by atoms with Crippen LogP contribution in [-0.2, 0) is 11.2 Å². The predicted octanol–water partition coefficient (Wildman–Crippen LogP) is 5.13. The second kappa shape index (κ2) is 12.3. The number of carboxylic acids is 1. The van der Waals surface area contributed by atoms with Gasteiger partial charge in [0.25, 0.3) is 0 Å². The third-order valence-electron chi connectivity index (χ3n) is 3.92. The Hall–Kier alpha value is -1.16. The molecule has 1 atom stereocenters. The van der Waals surface area contributed by atoms with E-state index in [1.165, 1.54) is 24.8 Å². The molecule has 1 aromatic carbocycles. The van der Waals surface area contributed by atoms with E-state index in [-0.39, 0.29) is 0 Å². The number of thiol groups is 1. The fraction of sp³-hybridized carbons (Fsp3) is 0.632. The van der Waals surface area contributed by atoms with E-state index < -0.39 is 11.2 Å². The predicted molar refractivity (Wildman–Crippen MR) is 98.7 cm³/mol. The summed E-state index contributed by atoms with van der Waals surface area (Å²) < 4.78 is 5.74. The van der Waals surface area contributed by atoms with Crippen molar-refractivity contribution in [3.8, 4) is 5.75 Å². The van der Waals surface area contributed by atoms with Gasteiger partial charge in [0.2, 0.25) is 0 Å². The maximum atomic E-state index is 10.7. The van der Waals surface area contributed by atoms with Crippen LogP contribution in [0.15, 0.2) is 24.3 Å². The van der Waals surface area contributed by atoms with E-state index in [9.17, 15) is 4.79 Å². The van der Waals surface area contributed by atoms with Gasteiger partial charge in [0.1, 0.15) is 5.75 Å². The number of carbonyl (C=O) groups is 1. The van der Waals surface area contributed by atoms with E-state index >= 15 is 0 Å². The molecule has 0 aliphatic heterocycles. The van der Waals surface area contributed by atoms with Crippen LogP contribution < -0.4 is 4.74 Å². The van der Waals surface area contributed by atoms with Crippen molar-refractivity contribution in [2.24, 2.45) is 0 Å². The summed E-state index contributed by atoms with van der Waals surface area (Å²) in [6, 6.07) is 8.34. The summed E-state index contributed by atoms with van der Waals surface area (Å²) in [5.41, 5.74) is 1.31. The maximum Gasteiger partial charge on any atom is 0.316 e. The molecule has 1 aromatic rings. The van der Waals surface area contributed by atoms with Crippen molar-refractivity contribution in [2.75, 3.05) is 6.61 Å². The van der Waals surface area contributed by atoms with Crippen molar-refractivity contribution in [3.05, 3.63) is 29.8 Å². The number of rotatable bonds is 13. The van der Waals surface area contributed by atoms with E-state index in [0.717, 1.165) is 44.5 Å². The fourth-order valence-electron chi connectivity index (χ4n) is 2.44. The summed E-state index contributed by atoms with van der Waals surface area (Å²) in [6.45, 7) is 3.01. The van der Waals surface area contributed by atoms with Crippen molar-refractivity contribution in [2.45, 2.75) is 70.0 Å². The second-order valence-corrected chi connectivity index (χ2v) is 6.63. The zero-order chi connectivity index (χ0) is 16.9. The first-order valence-electron chi connectivity index (χ1n) is 8.76. The number of unbranched alkanes of at least 4 members (excludes halogenated alkanes) is 5. The minimum Gasteiger partial charge on any atom is -0.494 e. The van der Waals surface area contributed by atoms with Crippen molar-refractivity contribution in [1.82, 2.24) is 0 Å². The van der Waals surface area contributed by atoms with Crippen LogP contribution >= 0.6 is 12.6 Å². The zero-order valence-electron chi connectivity index (χ0n) is 14.2. The minimum atomic E-state index is -0.821. The van der Waals surface area contributed by atoms with Gasteiger partial charge < -0.3 is 9.84 Å². The van der Waals surface area contributed by atoms with Crippen LogP contribution in [0.3, 0.4) is 0 Å². The zero-order valence-corrected chi connectivity index (χ0v) is 15.1. The van der Waals surface area contributed by atoms with Crippen LogP contribution in [0.5, 0.6) is 5.75 Å². The molecular weight excluding hydrogens is 308 g/mol. The summed E-state index contributed by atoms with van der Waals surface area (Å²) in [5, 5.41) is 8.23. The Morgan fingerprint density at radius 3 is 2.43 bits per heavy atom. The normalized spacial score (nSPS) is 12.1. The monoisotopic (exact) mass is 338 g/mol. The second-order valence-electron chi connectivity index (χ2n) is 6.01. The molecule has 0 fully saturated rings. The van der Waals surface area contributed by atoms with Crippen LogP contribution in [0, 0.1) is 0 Å². The van der Waals surface area contributed by atoms with Crippen molar-refractivity contribution in [3.63, 3.8) is 0 Å². The van der Waals surface area contributed by atoms with Gasteiger partial charge in [-0.3, -0.25) is 4.79 Å². The Balaban J connectivity index is 2.13. The van der Waals surface area contributed by atoms with Gasteiger partial charge in [0.05, 0.1) is 11.9 Å². The first kappa shape index (κ1) is 19.9. The van der Waals surface area contributed by atoms with Gasteiger partial charge in [-0.05, 0) is 43.4 Å². The smallest absolute Gasteiger partial charge is 0.316 e. The summed E-state index contributed by atoms with van der Waals surface area (Å²) in [6.07, 6.45) is 9.60. The van der Waals surface area contributed by atoms with Crippen LogP contribution in [0.1, 0.15) is 63.9 Å². The number of ether oxygens (including phenoxy) is 1. The highest BCUT2D eigenvalue weighted by molar-refractivity contribution is 7.81. The molecule has 130 valence electrons. The van der Waals surface area contributed by atoms with Crippen LogP contribution in [-0.4, -0.2) is 22.9 Å². The number of hydrogen-bond acceptors (Lipinski definition) is 3. The van der Waals surface area contributed by atoms with Gasteiger partial charge in [-0.15, -0.1) is 0 Å². The van der Waals surface area contributed by atoms with E-state index in [1.54, 1.807) is 0 Å². The molecule has 0 aromatic heterocycles. The number of hydrogen-bond donors (Lipinski definition) is 2. The third-order valence-corrected chi connectivity index (χ3v) is 4.40. The van der Waals surface area contributed by atoms with Gasteiger partial charge in [-0.1, -0.05) is 51.2 Å². The molecule has 0 amide bonds. The molecule has 0 aliphatic rings. The highest BCUT2D eigenvalue weighted by Crippen LogP contribution is 2.16. The summed E-state index contributed by atoms with van der Waals surface area (Å²) in [4.78, 5) is 10.7. The lowest BCUT2D eigenvalue weighted by molar-refractivity contribution is -0.136. The number of aryl methyl sites for hydroxylation is 1. The van der Waals surface area contributed by atoms with Gasteiger partial charge >= 0.3 is 5.97 Å². The first-order chi connectivity index (χ1) is 11.1. The highest BCUT2D eigenvalue weighted by Gasteiger charge is 2.10. The molecule has 0 radical (unpaired) electrons. The molecule has 23 heavy (non-hydrogen) atoms. The van der Waals surface area contributed by atoms with E-state index in [4.69, 9.17) is 9.84 Å². The average molecular weight is 339 g/mol. The molecule has 4 heteroatoms. The molecule has 0 saturated carbocycles. The Kier molecular flexibility index (Phi) is 10.6. The number of benzene rings is 1. The molecule has 0 aliphatic carbocycles. The van der Waals surface area contributed by atoms with Gasteiger partial charge in [-0.2, -0.15) is 12.6 Å². The lowest BCUT2D eigenvalue weighted by Gasteiger charge is -2.08. The van der Waals surface area contributed by atoms with Gasteiger partial charge in [0, 0.05) is 0 Å². The highest BCUT2D eigenvalue weighted by atomic mass is 32.1. The molecule has 0 saturated heterocycles. The Morgan fingerprint density at radius 2 is 1.78 bits per heavy atom. The standard InChI is InChI=1S/C19H30O3S/c1-2-3-4-8-15-22-17-13-11-16(12-14-17)9-6-5-7-10-18(23)19(20)21/h11-14,18,23H,2-10,15H2,1H3,(H,20,21). The van der Waals surface area contributed by atoms with Crippen molar-refractivity contribution in [1.29, 1.82) is 0 Å². The average Bonchev–Trinajstić information content (AvgIpc) is 2.55. The third kappa shape index (κ3) is 9.54.